The van der Waals surface area contributed by atoms with Crippen LogP contribution in [-0.4, -0.2) is 22.2 Å². The van der Waals surface area contributed by atoms with Crippen molar-refractivity contribution in [1.29, 1.82) is 0 Å². The number of aromatic amines is 1. The first-order valence-corrected chi connectivity index (χ1v) is 5.37. The van der Waals surface area contributed by atoms with Gasteiger partial charge in [-0.2, -0.15) is 0 Å². The number of H-pyrrole nitrogens is 1. The Kier molecular flexibility index (Phi) is 4.81. The van der Waals surface area contributed by atoms with Crippen LogP contribution in [0.5, 0.6) is 0 Å². The Labute approximate surface area is 97.0 Å². The van der Waals surface area contributed by atoms with Gasteiger partial charge >= 0.3 is 34.9 Å². The number of benzene rings is 1. The Morgan fingerprint density at radius 1 is 1.33 bits per heavy atom. The zero-order chi connectivity index (χ0) is 11.3. The van der Waals surface area contributed by atoms with Crippen molar-refractivity contribution >= 4 is 23.5 Å². The summed E-state index contributed by atoms with van der Waals surface area (Å²) in [5.41, 5.74) is 1.52. The molecule has 4 nitrogen and oxygen atoms in total. The van der Waals surface area contributed by atoms with Gasteiger partial charge in [0.25, 0.3) is 0 Å². The SMILES string of the molecule is F[N]=[W].OB(O)c1ccc2[nH]ccc2c1. The maximum absolute atomic E-state index is 9.95. The second-order valence-corrected chi connectivity index (χ2v) is 3.26. The molecule has 0 spiro atoms. The molecule has 0 aliphatic rings. The number of nitrogens with zero attached hydrogens (tertiary/aromatic N) is 1. The first-order chi connectivity index (χ1) is 7.19. The maximum atomic E-state index is 9.95. The standard InChI is InChI=1S/C8H8BNO2.FN.W/c11-9(12)7-1-2-8-6(5-7)3-4-10-8;1-2;/h1-5,10-12H;;. The molecule has 15 heavy (non-hydrogen) atoms. The molecule has 0 fully saturated rings. The molecule has 2 aromatic rings. The minimum Gasteiger partial charge on any atom is -0.423 e. The zero-order valence-corrected chi connectivity index (χ0v) is 10.5. The number of aromatic nitrogens is 1. The van der Waals surface area contributed by atoms with Crippen molar-refractivity contribution in [2.24, 2.45) is 3.72 Å². The fourth-order valence-electron chi connectivity index (χ4n) is 1.23. The van der Waals surface area contributed by atoms with Crippen molar-refractivity contribution in [3.05, 3.63) is 30.5 Å². The summed E-state index contributed by atoms with van der Waals surface area (Å²) >= 11 is 0.630. The van der Waals surface area contributed by atoms with Crippen molar-refractivity contribution in [3.8, 4) is 0 Å². The third-order valence-electron chi connectivity index (χ3n) is 1.88. The second kappa shape index (κ2) is 5.90. The molecule has 0 aliphatic heterocycles. The third-order valence-corrected chi connectivity index (χ3v) is 1.88. The average Bonchev–Trinajstić information content (AvgIpc) is 2.65. The molecule has 0 unspecified atom stereocenters. The molecule has 0 saturated heterocycles. The molecule has 7 heteroatoms. The number of hydrogen-bond acceptors (Lipinski definition) is 3. The smallest absolute Gasteiger partial charge is 0.423 e. The van der Waals surface area contributed by atoms with Crippen LogP contribution in [-0.2, 0) is 19.6 Å². The summed E-state index contributed by atoms with van der Waals surface area (Å²) in [6.07, 6.45) is 1.82. The van der Waals surface area contributed by atoms with Crippen LogP contribution < -0.4 is 5.46 Å². The normalized spacial score (nSPS) is 9.27. The van der Waals surface area contributed by atoms with Crippen molar-refractivity contribution < 1.29 is 34.2 Å². The van der Waals surface area contributed by atoms with Crippen LogP contribution in [0, 0.1) is 0 Å². The van der Waals surface area contributed by atoms with Crippen LogP contribution in [0.2, 0.25) is 0 Å². The summed E-state index contributed by atoms with van der Waals surface area (Å²) < 4.78 is 12.0. The Morgan fingerprint density at radius 2 is 2.00 bits per heavy atom. The summed E-state index contributed by atoms with van der Waals surface area (Å²) in [6.45, 7) is 0. The fourth-order valence-corrected chi connectivity index (χ4v) is 1.23. The molecule has 78 valence electrons. The van der Waals surface area contributed by atoms with Crippen molar-refractivity contribution in [3.63, 3.8) is 0 Å². The molecular weight excluding hydrogens is 370 g/mol. The van der Waals surface area contributed by atoms with Crippen LogP contribution >= 0.6 is 0 Å². The molecule has 1 heterocycles. The van der Waals surface area contributed by atoms with Gasteiger partial charge in [0.05, 0.1) is 0 Å². The van der Waals surface area contributed by atoms with Gasteiger partial charge in [-0.15, -0.1) is 0 Å². The Bertz CT molecular complexity index is 449. The quantitative estimate of drug-likeness (QED) is 0.632. The van der Waals surface area contributed by atoms with E-state index in [0.29, 0.717) is 25.1 Å². The summed E-state index contributed by atoms with van der Waals surface area (Å²) in [6, 6.07) is 7.14. The van der Waals surface area contributed by atoms with Crippen LogP contribution in [0.3, 0.4) is 0 Å². The maximum Gasteiger partial charge on any atom is 0.488 e. The topological polar surface area (TPSA) is 68.6 Å². The van der Waals surface area contributed by atoms with E-state index in [1.165, 1.54) is 0 Å². The van der Waals surface area contributed by atoms with Gasteiger partial charge in [0.2, 0.25) is 0 Å². The Morgan fingerprint density at radius 3 is 2.60 bits per heavy atom. The van der Waals surface area contributed by atoms with E-state index in [-0.39, 0.29) is 0 Å². The van der Waals surface area contributed by atoms with E-state index in [1.54, 1.807) is 12.1 Å². The third kappa shape index (κ3) is 3.34. The zero-order valence-electron chi connectivity index (χ0n) is 7.59. The van der Waals surface area contributed by atoms with E-state index in [0.717, 1.165) is 10.9 Å². The van der Waals surface area contributed by atoms with E-state index >= 15 is 0 Å². The van der Waals surface area contributed by atoms with Gasteiger partial charge in [0.1, 0.15) is 0 Å². The van der Waals surface area contributed by atoms with Gasteiger partial charge in [-0.1, -0.05) is 12.1 Å². The number of halogens is 1. The van der Waals surface area contributed by atoms with Crippen molar-refractivity contribution in [1.82, 2.24) is 4.98 Å². The van der Waals surface area contributed by atoms with Crippen LogP contribution in [0.25, 0.3) is 10.9 Å². The van der Waals surface area contributed by atoms with Crippen molar-refractivity contribution in [2.45, 2.75) is 0 Å². The van der Waals surface area contributed by atoms with E-state index in [1.807, 2.05) is 18.3 Å². The Balaban J connectivity index is 0.000000337. The molecule has 0 amide bonds. The second-order valence-electron chi connectivity index (χ2n) is 2.77. The largest absolute Gasteiger partial charge is 0.488 e. The van der Waals surface area contributed by atoms with Crippen molar-refractivity contribution in [2.75, 3.05) is 0 Å². The van der Waals surface area contributed by atoms with Gasteiger partial charge in [-0.25, -0.2) is 0 Å². The van der Waals surface area contributed by atoms with E-state index in [4.69, 9.17) is 10.0 Å². The fraction of sp³-hybridized carbons (Fsp3) is 0. The number of hydrogen-bond donors (Lipinski definition) is 3. The van der Waals surface area contributed by atoms with Gasteiger partial charge < -0.3 is 15.0 Å². The monoisotopic (exact) mass is 378 g/mol. The summed E-state index contributed by atoms with van der Waals surface area (Å²) in [7, 11) is -1.38. The van der Waals surface area contributed by atoms with Gasteiger partial charge in [0, 0.05) is 11.7 Å². The summed E-state index contributed by atoms with van der Waals surface area (Å²) in [5, 5.41) is 18.7. The molecule has 2 rings (SSSR count). The molecule has 0 atom stereocenters. The van der Waals surface area contributed by atoms with E-state index in [9.17, 15) is 4.48 Å². The van der Waals surface area contributed by atoms with Crippen LogP contribution in [0.4, 0.5) is 4.48 Å². The number of rotatable bonds is 1. The number of nitrogens with one attached hydrogen (secondary N) is 1. The molecule has 0 saturated carbocycles. The molecule has 1 aromatic heterocycles. The molecule has 0 bridgehead atoms. The first-order valence-electron chi connectivity index (χ1n) is 4.06. The summed E-state index contributed by atoms with van der Waals surface area (Å²) in [5.74, 6) is 0. The first kappa shape index (κ1) is 12.2. The van der Waals surface area contributed by atoms with E-state index in [2.05, 4.69) is 8.70 Å². The average molecular weight is 378 g/mol. The summed E-state index contributed by atoms with van der Waals surface area (Å²) in [4.78, 5) is 3.02. The molecule has 0 aliphatic carbocycles. The predicted octanol–water partition coefficient (Wildman–Crippen LogP) is 0.449. The van der Waals surface area contributed by atoms with Gasteiger partial charge in [-0.3, -0.25) is 0 Å². The number of fused-ring (bicyclic) bond motifs is 1. The predicted molar refractivity (Wildman–Crippen MR) is 51.7 cm³/mol. The minimum atomic E-state index is -1.38. The van der Waals surface area contributed by atoms with Gasteiger partial charge in [-0.05, 0) is 23.0 Å². The van der Waals surface area contributed by atoms with Crippen LogP contribution in [0.1, 0.15) is 0 Å². The van der Waals surface area contributed by atoms with E-state index < -0.39 is 7.12 Å². The molecule has 3 N–H and O–H groups in total. The van der Waals surface area contributed by atoms with Gasteiger partial charge in [0.15, 0.2) is 0 Å². The Hall–Kier alpha value is -0.837. The molecular formula is C8H8BFN2O2W. The molecule has 0 radical (unpaired) electrons. The minimum absolute atomic E-state index is 0.516. The van der Waals surface area contributed by atoms with Crippen LogP contribution in [0.15, 0.2) is 34.2 Å². The molecule has 1 aromatic carbocycles.